The van der Waals surface area contributed by atoms with Gasteiger partial charge in [-0.1, -0.05) is 6.07 Å². The molecular formula is C11H15FO2. The van der Waals surface area contributed by atoms with Crippen LogP contribution in [0, 0.1) is 13.8 Å². The van der Waals surface area contributed by atoms with Crippen molar-refractivity contribution in [3.05, 3.63) is 28.8 Å². The van der Waals surface area contributed by atoms with Crippen LogP contribution in [0.3, 0.4) is 0 Å². The van der Waals surface area contributed by atoms with Crippen molar-refractivity contribution in [3.8, 4) is 5.75 Å². The maximum absolute atomic E-state index is 11.9. The zero-order valence-electron chi connectivity index (χ0n) is 8.51. The summed E-state index contributed by atoms with van der Waals surface area (Å²) >= 11 is 0. The monoisotopic (exact) mass is 198 g/mol. The Morgan fingerprint density at radius 2 is 2.07 bits per heavy atom. The number of ether oxygens (including phenoxy) is 1. The lowest BCUT2D eigenvalue weighted by Crippen LogP contribution is -2.03. The summed E-state index contributed by atoms with van der Waals surface area (Å²) in [7, 11) is 0. The SMILES string of the molecule is Cc1ccc(OCCF)c(C)c1CO. The Morgan fingerprint density at radius 3 is 2.64 bits per heavy atom. The van der Waals surface area contributed by atoms with Crippen LogP contribution in [0.15, 0.2) is 12.1 Å². The van der Waals surface area contributed by atoms with E-state index in [0.29, 0.717) is 5.75 Å². The van der Waals surface area contributed by atoms with Gasteiger partial charge in [-0.2, -0.15) is 0 Å². The Hall–Kier alpha value is -1.09. The first-order valence-corrected chi connectivity index (χ1v) is 4.59. The summed E-state index contributed by atoms with van der Waals surface area (Å²) in [6, 6.07) is 3.67. The zero-order chi connectivity index (χ0) is 10.6. The zero-order valence-corrected chi connectivity index (χ0v) is 8.51. The van der Waals surface area contributed by atoms with E-state index in [0.717, 1.165) is 16.7 Å². The van der Waals surface area contributed by atoms with Crippen LogP contribution in [0.1, 0.15) is 16.7 Å². The maximum atomic E-state index is 11.9. The van der Waals surface area contributed by atoms with E-state index in [1.165, 1.54) is 0 Å². The summed E-state index contributed by atoms with van der Waals surface area (Å²) < 4.78 is 17.1. The molecule has 1 aromatic carbocycles. The van der Waals surface area contributed by atoms with Crippen molar-refractivity contribution in [2.45, 2.75) is 20.5 Å². The predicted molar refractivity (Wildman–Crippen MR) is 53.3 cm³/mol. The van der Waals surface area contributed by atoms with Crippen molar-refractivity contribution in [1.82, 2.24) is 0 Å². The molecule has 3 heteroatoms. The molecule has 0 atom stereocenters. The number of halogens is 1. The summed E-state index contributed by atoms with van der Waals surface area (Å²) in [5.41, 5.74) is 2.78. The largest absolute Gasteiger partial charge is 0.491 e. The van der Waals surface area contributed by atoms with Crippen molar-refractivity contribution in [2.24, 2.45) is 0 Å². The minimum absolute atomic E-state index is 0.00943. The standard InChI is InChI=1S/C11H15FO2/c1-8-3-4-11(14-6-5-12)9(2)10(8)7-13/h3-4,13H,5-7H2,1-2H3. The molecule has 0 aliphatic carbocycles. The third-order valence-electron chi connectivity index (χ3n) is 2.28. The fraction of sp³-hybridized carbons (Fsp3) is 0.455. The molecule has 0 aromatic heterocycles. The molecule has 0 heterocycles. The highest BCUT2D eigenvalue weighted by molar-refractivity contribution is 5.43. The smallest absolute Gasteiger partial charge is 0.123 e. The van der Waals surface area contributed by atoms with Gasteiger partial charge in [0.25, 0.3) is 0 Å². The van der Waals surface area contributed by atoms with Gasteiger partial charge in [0.1, 0.15) is 19.0 Å². The minimum atomic E-state index is -0.498. The Balaban J connectivity index is 2.96. The molecule has 1 aromatic rings. The van der Waals surface area contributed by atoms with Gasteiger partial charge in [0.15, 0.2) is 0 Å². The number of hydrogen-bond donors (Lipinski definition) is 1. The highest BCUT2D eigenvalue weighted by Gasteiger charge is 2.07. The van der Waals surface area contributed by atoms with Crippen molar-refractivity contribution >= 4 is 0 Å². The van der Waals surface area contributed by atoms with Crippen LogP contribution in [0.4, 0.5) is 4.39 Å². The van der Waals surface area contributed by atoms with E-state index in [4.69, 9.17) is 9.84 Å². The average molecular weight is 198 g/mol. The second-order valence-corrected chi connectivity index (χ2v) is 3.18. The molecule has 0 spiro atoms. The molecule has 0 aliphatic rings. The number of aliphatic hydroxyl groups excluding tert-OH is 1. The number of aryl methyl sites for hydroxylation is 1. The lowest BCUT2D eigenvalue weighted by molar-refractivity contribution is 0.265. The van der Waals surface area contributed by atoms with Gasteiger partial charge in [0.2, 0.25) is 0 Å². The normalized spacial score (nSPS) is 10.3. The Morgan fingerprint density at radius 1 is 1.36 bits per heavy atom. The molecule has 0 saturated heterocycles. The summed E-state index contributed by atoms with van der Waals surface area (Å²) in [6.07, 6.45) is 0. The average Bonchev–Trinajstić information content (AvgIpc) is 2.18. The molecule has 2 nitrogen and oxygen atoms in total. The van der Waals surface area contributed by atoms with Crippen molar-refractivity contribution in [3.63, 3.8) is 0 Å². The quantitative estimate of drug-likeness (QED) is 0.803. The van der Waals surface area contributed by atoms with E-state index in [2.05, 4.69) is 0 Å². The van der Waals surface area contributed by atoms with Gasteiger partial charge in [-0.05, 0) is 36.6 Å². The molecule has 0 saturated carbocycles. The van der Waals surface area contributed by atoms with Gasteiger partial charge in [0, 0.05) is 0 Å². The Bertz CT molecular complexity index is 310. The van der Waals surface area contributed by atoms with Gasteiger partial charge >= 0.3 is 0 Å². The van der Waals surface area contributed by atoms with Crippen LogP contribution in [0.5, 0.6) is 5.75 Å². The Labute approximate surface area is 83.3 Å². The first kappa shape index (κ1) is 11.0. The second kappa shape index (κ2) is 4.96. The molecule has 0 amide bonds. The van der Waals surface area contributed by atoms with E-state index < -0.39 is 6.67 Å². The maximum Gasteiger partial charge on any atom is 0.123 e. The summed E-state index contributed by atoms with van der Waals surface area (Å²) in [5.74, 6) is 0.650. The van der Waals surface area contributed by atoms with Gasteiger partial charge in [0.05, 0.1) is 6.61 Å². The van der Waals surface area contributed by atoms with Crippen LogP contribution in [-0.4, -0.2) is 18.4 Å². The topological polar surface area (TPSA) is 29.5 Å². The molecule has 0 radical (unpaired) electrons. The van der Waals surface area contributed by atoms with Crippen LogP contribution in [0.25, 0.3) is 0 Å². The van der Waals surface area contributed by atoms with Crippen molar-refractivity contribution in [2.75, 3.05) is 13.3 Å². The first-order valence-electron chi connectivity index (χ1n) is 4.59. The molecule has 0 bridgehead atoms. The van der Waals surface area contributed by atoms with Crippen molar-refractivity contribution in [1.29, 1.82) is 0 Å². The van der Waals surface area contributed by atoms with E-state index in [1.807, 2.05) is 19.9 Å². The third kappa shape index (κ3) is 2.23. The minimum Gasteiger partial charge on any atom is -0.491 e. The third-order valence-corrected chi connectivity index (χ3v) is 2.28. The van der Waals surface area contributed by atoms with E-state index in [9.17, 15) is 4.39 Å². The van der Waals surface area contributed by atoms with Gasteiger partial charge < -0.3 is 9.84 Å². The van der Waals surface area contributed by atoms with Crippen molar-refractivity contribution < 1.29 is 14.2 Å². The summed E-state index contributed by atoms with van der Waals surface area (Å²) in [4.78, 5) is 0. The van der Waals surface area contributed by atoms with E-state index in [-0.39, 0.29) is 13.2 Å². The predicted octanol–water partition coefficient (Wildman–Crippen LogP) is 2.14. The summed E-state index contributed by atoms with van der Waals surface area (Å²) in [6.45, 7) is 3.35. The first-order chi connectivity index (χ1) is 6.70. The van der Waals surface area contributed by atoms with E-state index >= 15 is 0 Å². The molecule has 78 valence electrons. The number of aliphatic hydroxyl groups is 1. The molecule has 1 rings (SSSR count). The van der Waals surface area contributed by atoms with Gasteiger partial charge in [-0.3, -0.25) is 0 Å². The van der Waals surface area contributed by atoms with Crippen LogP contribution >= 0.6 is 0 Å². The lowest BCUT2D eigenvalue weighted by atomic mass is 10.0. The fourth-order valence-electron chi connectivity index (χ4n) is 1.42. The second-order valence-electron chi connectivity index (χ2n) is 3.18. The molecule has 1 N–H and O–H groups in total. The highest BCUT2D eigenvalue weighted by atomic mass is 19.1. The number of rotatable bonds is 4. The molecule has 14 heavy (non-hydrogen) atoms. The molecule has 0 aliphatic heterocycles. The highest BCUT2D eigenvalue weighted by Crippen LogP contribution is 2.24. The Kier molecular flexibility index (Phi) is 3.89. The fourth-order valence-corrected chi connectivity index (χ4v) is 1.42. The van der Waals surface area contributed by atoms with Crippen LogP contribution in [-0.2, 0) is 6.61 Å². The van der Waals surface area contributed by atoms with Gasteiger partial charge in [-0.15, -0.1) is 0 Å². The number of hydrogen-bond acceptors (Lipinski definition) is 2. The lowest BCUT2D eigenvalue weighted by Gasteiger charge is -2.12. The van der Waals surface area contributed by atoms with Gasteiger partial charge in [-0.25, -0.2) is 4.39 Å². The van der Waals surface area contributed by atoms with Crippen LogP contribution in [0.2, 0.25) is 0 Å². The molecular weight excluding hydrogens is 183 g/mol. The van der Waals surface area contributed by atoms with Crippen LogP contribution < -0.4 is 4.74 Å². The number of alkyl halides is 1. The summed E-state index contributed by atoms with van der Waals surface area (Å²) in [5, 5.41) is 9.12. The molecule has 0 fully saturated rings. The number of benzene rings is 1. The van der Waals surface area contributed by atoms with E-state index in [1.54, 1.807) is 6.07 Å². The molecule has 0 unspecified atom stereocenters.